The lowest BCUT2D eigenvalue weighted by molar-refractivity contribution is 0.108. The highest BCUT2D eigenvalue weighted by atomic mass is 16.4. The van der Waals surface area contributed by atoms with Crippen LogP contribution in [0.15, 0.2) is 47.1 Å². The number of benzene rings is 1. The van der Waals surface area contributed by atoms with Crippen LogP contribution in [0, 0.1) is 6.92 Å². The summed E-state index contributed by atoms with van der Waals surface area (Å²) in [5, 5.41) is 13.3. The summed E-state index contributed by atoms with van der Waals surface area (Å²) < 4.78 is 5.26. The topological polar surface area (TPSA) is 65.7 Å². The number of hydrogen-bond donors (Lipinski definition) is 2. The lowest BCUT2D eigenvalue weighted by Gasteiger charge is -2.26. The molecule has 1 aliphatic heterocycles. The lowest BCUT2D eigenvalue weighted by atomic mass is 10.1. The summed E-state index contributed by atoms with van der Waals surface area (Å²) in [6, 6.07) is 11.9. The van der Waals surface area contributed by atoms with Gasteiger partial charge >= 0.3 is 6.03 Å². The zero-order valence-electron chi connectivity index (χ0n) is 14.6. The number of nitrogens with one attached hydrogen (secondary N) is 1. The van der Waals surface area contributed by atoms with Gasteiger partial charge in [-0.2, -0.15) is 0 Å². The lowest BCUT2D eigenvalue weighted by Crippen LogP contribution is -2.43. The molecule has 1 aromatic heterocycles. The van der Waals surface area contributed by atoms with Crippen LogP contribution in [0.3, 0.4) is 0 Å². The van der Waals surface area contributed by atoms with Crippen molar-refractivity contribution >= 4 is 6.03 Å². The molecule has 2 heterocycles. The summed E-state index contributed by atoms with van der Waals surface area (Å²) >= 11 is 0. The highest BCUT2D eigenvalue weighted by Gasteiger charge is 2.31. The van der Waals surface area contributed by atoms with Crippen molar-refractivity contribution in [1.82, 2.24) is 10.2 Å². The monoisotopic (exact) mass is 342 g/mol. The van der Waals surface area contributed by atoms with Crippen molar-refractivity contribution in [3.63, 3.8) is 0 Å². The Labute approximate surface area is 148 Å². The molecule has 1 fully saturated rings. The van der Waals surface area contributed by atoms with E-state index < -0.39 is 6.10 Å². The standard InChI is InChI=1S/C20H26N2O3/c1-15-5-2-6-16(13-15)9-10-21-20(24)22-11-3-7-17(22)14-18(23)19-8-4-12-25-19/h2,4-6,8,12-13,17-18,23H,3,7,9-11,14H2,1H3,(H,21,24). The first-order valence-electron chi connectivity index (χ1n) is 8.95. The van der Waals surface area contributed by atoms with Crippen LogP contribution in [0.25, 0.3) is 0 Å². The number of hydrogen-bond acceptors (Lipinski definition) is 3. The molecule has 2 amide bonds. The van der Waals surface area contributed by atoms with Crippen LogP contribution in [-0.4, -0.2) is 35.2 Å². The van der Waals surface area contributed by atoms with Crippen molar-refractivity contribution < 1.29 is 14.3 Å². The van der Waals surface area contributed by atoms with Crippen molar-refractivity contribution in [3.05, 3.63) is 59.5 Å². The van der Waals surface area contributed by atoms with Crippen molar-refractivity contribution in [2.24, 2.45) is 0 Å². The van der Waals surface area contributed by atoms with Crippen LogP contribution in [0.1, 0.15) is 42.3 Å². The minimum atomic E-state index is -0.666. The average Bonchev–Trinajstić information content (AvgIpc) is 3.26. The molecule has 2 N–H and O–H groups in total. The van der Waals surface area contributed by atoms with Crippen LogP contribution < -0.4 is 5.32 Å². The molecule has 2 unspecified atom stereocenters. The van der Waals surface area contributed by atoms with Gasteiger partial charge in [-0.3, -0.25) is 0 Å². The minimum absolute atomic E-state index is 0.0400. The molecule has 2 atom stereocenters. The third-order valence-corrected chi connectivity index (χ3v) is 4.78. The fourth-order valence-corrected chi connectivity index (χ4v) is 3.49. The summed E-state index contributed by atoms with van der Waals surface area (Å²) in [6.07, 6.45) is 4.12. The van der Waals surface area contributed by atoms with Gasteiger partial charge in [-0.05, 0) is 43.9 Å². The number of urea groups is 1. The van der Waals surface area contributed by atoms with E-state index in [1.54, 1.807) is 18.4 Å². The van der Waals surface area contributed by atoms with Crippen molar-refractivity contribution in [1.29, 1.82) is 0 Å². The normalized spacial score (nSPS) is 18.3. The molecule has 0 saturated carbocycles. The molecule has 1 aromatic carbocycles. The van der Waals surface area contributed by atoms with Gasteiger partial charge in [-0.15, -0.1) is 0 Å². The molecule has 5 heteroatoms. The molecule has 1 aliphatic rings. The smallest absolute Gasteiger partial charge is 0.317 e. The number of likely N-dealkylation sites (tertiary alicyclic amines) is 1. The molecular weight excluding hydrogens is 316 g/mol. The predicted octanol–water partition coefficient (Wildman–Crippen LogP) is 3.43. The number of rotatable bonds is 6. The third-order valence-electron chi connectivity index (χ3n) is 4.78. The first-order valence-corrected chi connectivity index (χ1v) is 8.95. The largest absolute Gasteiger partial charge is 0.467 e. The second-order valence-corrected chi connectivity index (χ2v) is 6.73. The molecule has 2 aromatic rings. The van der Waals surface area contributed by atoms with Gasteiger partial charge < -0.3 is 19.7 Å². The molecule has 3 rings (SSSR count). The van der Waals surface area contributed by atoms with Gasteiger partial charge in [-0.1, -0.05) is 29.8 Å². The van der Waals surface area contributed by atoms with E-state index in [-0.39, 0.29) is 12.1 Å². The molecule has 0 aliphatic carbocycles. The van der Waals surface area contributed by atoms with Gasteiger partial charge in [0, 0.05) is 25.6 Å². The van der Waals surface area contributed by atoms with Crippen LogP contribution in [0.4, 0.5) is 4.79 Å². The number of aryl methyl sites for hydroxylation is 1. The summed E-state index contributed by atoms with van der Waals surface area (Å²) in [7, 11) is 0. The Morgan fingerprint density at radius 2 is 2.28 bits per heavy atom. The van der Waals surface area contributed by atoms with Crippen molar-refractivity contribution in [2.75, 3.05) is 13.1 Å². The molecule has 25 heavy (non-hydrogen) atoms. The van der Waals surface area contributed by atoms with E-state index in [1.807, 2.05) is 11.0 Å². The maximum Gasteiger partial charge on any atom is 0.317 e. The average molecular weight is 342 g/mol. The van der Waals surface area contributed by atoms with Gasteiger partial charge in [-0.25, -0.2) is 4.79 Å². The fourth-order valence-electron chi connectivity index (χ4n) is 3.49. The molecular formula is C20H26N2O3. The van der Waals surface area contributed by atoms with Crippen LogP contribution in [-0.2, 0) is 6.42 Å². The first kappa shape index (κ1) is 17.5. The van der Waals surface area contributed by atoms with Gasteiger partial charge in [0.15, 0.2) is 0 Å². The Kier molecular flexibility index (Phi) is 5.76. The highest BCUT2D eigenvalue weighted by molar-refractivity contribution is 5.74. The van der Waals surface area contributed by atoms with E-state index in [0.29, 0.717) is 18.7 Å². The van der Waals surface area contributed by atoms with Gasteiger partial charge in [0.2, 0.25) is 0 Å². The Bertz CT molecular complexity index is 684. The first-order chi connectivity index (χ1) is 12.1. The Morgan fingerprint density at radius 3 is 3.04 bits per heavy atom. The predicted molar refractivity (Wildman–Crippen MR) is 96.3 cm³/mol. The second-order valence-electron chi connectivity index (χ2n) is 6.73. The molecule has 0 bridgehead atoms. The number of nitrogens with zero attached hydrogens (tertiary/aromatic N) is 1. The molecule has 0 spiro atoms. The van der Waals surface area contributed by atoms with Crippen LogP contribution in [0.2, 0.25) is 0 Å². The minimum Gasteiger partial charge on any atom is -0.467 e. The maximum absolute atomic E-state index is 12.5. The Hall–Kier alpha value is -2.27. The van der Waals surface area contributed by atoms with Crippen LogP contribution >= 0.6 is 0 Å². The van der Waals surface area contributed by atoms with Crippen LogP contribution in [0.5, 0.6) is 0 Å². The summed E-state index contributed by atoms with van der Waals surface area (Å²) in [5.74, 6) is 0.562. The maximum atomic E-state index is 12.5. The summed E-state index contributed by atoms with van der Waals surface area (Å²) in [4.78, 5) is 14.3. The van der Waals surface area contributed by atoms with E-state index in [1.165, 1.54) is 11.1 Å². The zero-order valence-corrected chi connectivity index (χ0v) is 14.6. The SMILES string of the molecule is Cc1cccc(CCNC(=O)N2CCCC2CC(O)c2ccco2)c1. The van der Waals surface area contributed by atoms with E-state index in [9.17, 15) is 9.90 Å². The number of aliphatic hydroxyl groups is 1. The quantitative estimate of drug-likeness (QED) is 0.845. The Balaban J connectivity index is 1.48. The Morgan fingerprint density at radius 1 is 1.40 bits per heavy atom. The highest BCUT2D eigenvalue weighted by Crippen LogP contribution is 2.27. The molecule has 134 valence electrons. The number of carbonyl (C=O) groups is 1. The van der Waals surface area contributed by atoms with Gasteiger partial charge in [0.05, 0.1) is 6.26 Å². The van der Waals surface area contributed by atoms with Gasteiger partial charge in [0.25, 0.3) is 0 Å². The second kappa shape index (κ2) is 8.21. The zero-order chi connectivity index (χ0) is 17.6. The van der Waals surface area contributed by atoms with E-state index in [2.05, 4.69) is 30.4 Å². The summed E-state index contributed by atoms with van der Waals surface area (Å²) in [5.41, 5.74) is 2.46. The third kappa shape index (κ3) is 4.63. The molecule has 1 saturated heterocycles. The van der Waals surface area contributed by atoms with Crippen molar-refractivity contribution in [3.8, 4) is 0 Å². The van der Waals surface area contributed by atoms with E-state index in [4.69, 9.17) is 4.42 Å². The van der Waals surface area contributed by atoms with Crippen molar-refractivity contribution in [2.45, 2.75) is 44.8 Å². The fraction of sp³-hybridized carbons (Fsp3) is 0.450. The number of furan rings is 1. The van der Waals surface area contributed by atoms with E-state index in [0.717, 1.165) is 25.8 Å². The number of aliphatic hydroxyl groups excluding tert-OH is 1. The number of amides is 2. The molecule has 5 nitrogen and oxygen atoms in total. The van der Waals surface area contributed by atoms with Gasteiger partial charge in [0.1, 0.15) is 11.9 Å². The molecule has 0 radical (unpaired) electrons. The summed E-state index contributed by atoms with van der Waals surface area (Å²) in [6.45, 7) is 3.43. The van der Waals surface area contributed by atoms with E-state index >= 15 is 0 Å². The number of carbonyl (C=O) groups excluding carboxylic acids is 1.